The molecule has 9 nitrogen and oxygen atoms in total. The molecule has 29 heavy (non-hydrogen) atoms. The van der Waals surface area contributed by atoms with Gasteiger partial charge in [0.2, 0.25) is 5.88 Å². The summed E-state index contributed by atoms with van der Waals surface area (Å²) in [4.78, 5) is 12.6. The number of halogens is 1. The number of imidazole rings is 1. The van der Waals surface area contributed by atoms with Crippen LogP contribution in [0.3, 0.4) is 0 Å². The molecule has 0 bridgehead atoms. The number of benzene rings is 1. The van der Waals surface area contributed by atoms with Crippen LogP contribution in [-0.4, -0.2) is 57.7 Å². The van der Waals surface area contributed by atoms with Gasteiger partial charge in [-0.2, -0.15) is 9.97 Å². The molecule has 3 aromatic rings. The van der Waals surface area contributed by atoms with Crippen molar-refractivity contribution in [3.63, 3.8) is 0 Å². The third-order valence-corrected chi connectivity index (χ3v) is 5.57. The Hall–Kier alpha value is -2.08. The average Bonchev–Trinajstić information content (AvgIpc) is 3.40. The lowest BCUT2D eigenvalue weighted by molar-refractivity contribution is 0.00706. The van der Waals surface area contributed by atoms with Crippen molar-refractivity contribution < 1.29 is 24.1 Å². The first kappa shape index (κ1) is 18.9. The number of ether oxygens (including phenoxy) is 4. The minimum atomic E-state index is -0.638. The molecule has 2 aliphatic rings. The molecule has 0 aliphatic carbocycles. The molecule has 1 aromatic carbocycles. The molecule has 0 radical (unpaired) electrons. The number of H-pyrrole nitrogens is 1. The zero-order valence-corrected chi connectivity index (χ0v) is 16.5. The van der Waals surface area contributed by atoms with Gasteiger partial charge in [-0.3, -0.25) is 5.14 Å². The fourth-order valence-electron chi connectivity index (χ4n) is 3.42. The van der Waals surface area contributed by atoms with E-state index in [0.29, 0.717) is 28.5 Å². The Morgan fingerprint density at radius 1 is 1.21 bits per heavy atom. The third-order valence-electron chi connectivity index (χ3n) is 4.77. The number of aromatic nitrogens is 3. The van der Waals surface area contributed by atoms with Crippen molar-refractivity contribution in [2.24, 2.45) is 5.14 Å². The molecule has 2 aliphatic heterocycles. The number of fused-ring (bicyclic) bond motifs is 2. The van der Waals surface area contributed by atoms with E-state index in [2.05, 4.69) is 15.0 Å². The predicted octanol–water partition coefficient (Wildman–Crippen LogP) is 2.28. The number of hydrogen-bond acceptors (Lipinski definition) is 9. The Bertz CT molecular complexity index is 1050. The van der Waals surface area contributed by atoms with Crippen molar-refractivity contribution in [1.82, 2.24) is 15.0 Å². The van der Waals surface area contributed by atoms with E-state index < -0.39 is 6.10 Å². The zero-order chi connectivity index (χ0) is 20.0. The van der Waals surface area contributed by atoms with Crippen LogP contribution >= 0.6 is 23.5 Å². The number of rotatable bonds is 5. The van der Waals surface area contributed by atoms with Gasteiger partial charge in [-0.1, -0.05) is 17.7 Å². The number of nitrogens with zero attached hydrogens (tertiary/aromatic N) is 2. The van der Waals surface area contributed by atoms with Crippen LogP contribution in [0.4, 0.5) is 0 Å². The lowest BCUT2D eigenvalue weighted by atomic mass is 10.1. The molecule has 4 atom stereocenters. The highest BCUT2D eigenvalue weighted by Crippen LogP contribution is 2.33. The summed E-state index contributed by atoms with van der Waals surface area (Å²) in [6, 6.07) is 9.21. The Balaban J connectivity index is 1.36. The van der Waals surface area contributed by atoms with Crippen molar-refractivity contribution >= 4 is 34.7 Å². The number of pyridine rings is 1. The predicted molar refractivity (Wildman–Crippen MR) is 105 cm³/mol. The number of hydrogen-bond donors (Lipinski definition) is 3. The lowest BCUT2D eigenvalue weighted by Crippen LogP contribution is -2.34. The van der Waals surface area contributed by atoms with Gasteiger partial charge >= 0.3 is 0 Å². The van der Waals surface area contributed by atoms with E-state index >= 15 is 0 Å². The smallest absolute Gasteiger partial charge is 0.296 e. The number of aliphatic hydroxyl groups excluding tert-OH is 1. The Labute approximate surface area is 174 Å². The molecule has 2 fully saturated rings. The van der Waals surface area contributed by atoms with E-state index in [9.17, 15) is 5.11 Å². The van der Waals surface area contributed by atoms with Crippen molar-refractivity contribution in [1.29, 1.82) is 0 Å². The number of aliphatic hydroxyl groups is 1. The van der Waals surface area contributed by atoms with E-state index in [1.807, 2.05) is 12.1 Å². The first-order valence-corrected chi connectivity index (χ1v) is 10.2. The lowest BCUT2D eigenvalue weighted by Gasteiger charge is -2.15. The van der Waals surface area contributed by atoms with Crippen LogP contribution in [0.5, 0.6) is 17.6 Å². The second-order valence-corrected chi connectivity index (χ2v) is 7.82. The van der Waals surface area contributed by atoms with Crippen LogP contribution in [0.25, 0.3) is 11.2 Å². The van der Waals surface area contributed by atoms with Crippen molar-refractivity contribution in [2.45, 2.75) is 29.3 Å². The van der Waals surface area contributed by atoms with Crippen LogP contribution in [0, 0.1) is 0 Å². The van der Waals surface area contributed by atoms with Crippen molar-refractivity contribution in [2.75, 3.05) is 13.2 Å². The van der Waals surface area contributed by atoms with Gasteiger partial charge in [-0.05, 0) is 36.2 Å². The summed E-state index contributed by atoms with van der Waals surface area (Å²) in [6.45, 7) is 0.540. The molecule has 0 saturated carbocycles. The van der Waals surface area contributed by atoms with E-state index in [1.165, 1.54) is 0 Å². The van der Waals surface area contributed by atoms with Crippen LogP contribution < -0.4 is 14.6 Å². The van der Waals surface area contributed by atoms with Crippen LogP contribution in [0.2, 0.25) is 5.02 Å². The third kappa shape index (κ3) is 3.63. The van der Waals surface area contributed by atoms with Crippen molar-refractivity contribution in [3.05, 3.63) is 35.4 Å². The van der Waals surface area contributed by atoms with E-state index in [4.69, 9.17) is 35.7 Å². The number of nitrogens with two attached hydrogens (primary N) is 1. The summed E-state index contributed by atoms with van der Waals surface area (Å²) in [5.74, 6) is 0.787. The molecule has 11 heteroatoms. The molecule has 5 rings (SSSR count). The molecule has 4 heterocycles. The summed E-state index contributed by atoms with van der Waals surface area (Å²) in [5, 5.41) is 15.7. The van der Waals surface area contributed by atoms with Gasteiger partial charge in [-0.15, -0.1) is 0 Å². The standard InChI is InChI=1S/C18H17ClN4O5S/c19-10-5-11-16(22-17(10)27-8-2-1-3-9(4-8)29-20)23-18(21-11)28-13-7-26-14-12(24)6-25-15(13)14/h1-5,12-15,24H,6-7,20H2,(H,21,22,23)/t12-,13-,14-,15-/m1/s1. The molecule has 0 spiro atoms. The number of nitrogens with one attached hydrogen (secondary N) is 1. The second-order valence-electron chi connectivity index (χ2n) is 6.70. The molecule has 2 aromatic heterocycles. The zero-order valence-electron chi connectivity index (χ0n) is 14.9. The maximum atomic E-state index is 9.84. The highest BCUT2D eigenvalue weighted by molar-refractivity contribution is 7.97. The molecule has 0 amide bonds. The summed E-state index contributed by atoms with van der Waals surface area (Å²) < 4.78 is 22.8. The quantitative estimate of drug-likeness (QED) is 0.516. The second kappa shape index (κ2) is 7.63. The maximum Gasteiger partial charge on any atom is 0.296 e. The fraction of sp³-hybridized carbons (Fsp3) is 0.333. The van der Waals surface area contributed by atoms with E-state index in [-0.39, 0.29) is 36.8 Å². The van der Waals surface area contributed by atoms with Gasteiger partial charge in [0.25, 0.3) is 6.01 Å². The summed E-state index contributed by atoms with van der Waals surface area (Å²) in [7, 11) is 0. The topological polar surface area (TPSA) is 125 Å². The summed E-state index contributed by atoms with van der Waals surface area (Å²) >= 11 is 7.44. The van der Waals surface area contributed by atoms with E-state index in [1.54, 1.807) is 18.2 Å². The SMILES string of the molecule is NSc1cccc(Oc2nc3nc(O[C@@H]4CO[C@H]5[C@@H]4OC[C@H]5O)[nH]c3cc2Cl)c1. The molecule has 4 N–H and O–H groups in total. The monoisotopic (exact) mass is 436 g/mol. The molecular formula is C18H17ClN4O5S. The molecule has 0 unspecified atom stereocenters. The average molecular weight is 437 g/mol. The highest BCUT2D eigenvalue weighted by atomic mass is 35.5. The first-order chi connectivity index (χ1) is 14.1. The van der Waals surface area contributed by atoms with Crippen LogP contribution in [0.1, 0.15) is 0 Å². The fourth-order valence-corrected chi connectivity index (χ4v) is 3.95. The van der Waals surface area contributed by atoms with Gasteiger partial charge in [0.15, 0.2) is 11.8 Å². The highest BCUT2D eigenvalue weighted by Gasteiger charge is 2.48. The van der Waals surface area contributed by atoms with E-state index in [0.717, 1.165) is 16.8 Å². The number of aromatic amines is 1. The van der Waals surface area contributed by atoms with Gasteiger partial charge in [0.05, 0.1) is 18.7 Å². The minimum absolute atomic E-state index is 0.225. The van der Waals surface area contributed by atoms with Crippen LogP contribution in [0.15, 0.2) is 35.2 Å². The maximum absolute atomic E-state index is 9.84. The Kier molecular flexibility index (Phi) is 4.98. The van der Waals surface area contributed by atoms with Gasteiger partial charge in [-0.25, -0.2) is 0 Å². The van der Waals surface area contributed by atoms with Crippen molar-refractivity contribution in [3.8, 4) is 17.6 Å². The largest absolute Gasteiger partial charge is 0.456 e. The molecule has 152 valence electrons. The normalized spacial score (nSPS) is 26.0. The molecule has 2 saturated heterocycles. The van der Waals surface area contributed by atoms with Gasteiger partial charge in [0, 0.05) is 4.90 Å². The van der Waals surface area contributed by atoms with Gasteiger partial charge in [0.1, 0.15) is 29.1 Å². The summed E-state index contributed by atoms with van der Waals surface area (Å²) in [6.07, 6.45) is -1.72. The first-order valence-electron chi connectivity index (χ1n) is 8.89. The minimum Gasteiger partial charge on any atom is -0.456 e. The summed E-state index contributed by atoms with van der Waals surface area (Å²) in [5.41, 5.74) is 0.998. The van der Waals surface area contributed by atoms with Crippen LogP contribution in [-0.2, 0) is 9.47 Å². The Morgan fingerprint density at radius 2 is 2.07 bits per heavy atom. The Morgan fingerprint density at radius 3 is 2.93 bits per heavy atom. The molecular weight excluding hydrogens is 420 g/mol. The van der Waals surface area contributed by atoms with Gasteiger partial charge < -0.3 is 29.0 Å².